The van der Waals surface area contributed by atoms with Crippen molar-refractivity contribution in [2.24, 2.45) is 5.73 Å². The van der Waals surface area contributed by atoms with Crippen LogP contribution in [0.1, 0.15) is 22.8 Å². The quantitative estimate of drug-likeness (QED) is 0.870. The fourth-order valence-corrected chi connectivity index (χ4v) is 2.22. The predicted molar refractivity (Wildman–Crippen MR) is 70.5 cm³/mol. The molecule has 2 N–H and O–H groups in total. The molecule has 1 unspecified atom stereocenters. The van der Waals surface area contributed by atoms with E-state index in [-0.39, 0.29) is 11.9 Å². The minimum absolute atomic E-state index is 0.0877. The number of ether oxygens (including phenoxy) is 1. The molecule has 0 saturated carbocycles. The zero-order valence-corrected chi connectivity index (χ0v) is 10.8. The molecule has 0 spiro atoms. The van der Waals surface area contributed by atoms with E-state index in [1.54, 1.807) is 0 Å². The summed E-state index contributed by atoms with van der Waals surface area (Å²) in [5, 5.41) is 0. The Labute approximate surface area is 108 Å². The van der Waals surface area contributed by atoms with Gasteiger partial charge in [0, 0.05) is 12.1 Å². The van der Waals surface area contributed by atoms with Gasteiger partial charge in [0.25, 0.3) is 5.91 Å². The molecule has 2 rings (SSSR count). The van der Waals surface area contributed by atoms with Crippen molar-refractivity contribution in [3.05, 3.63) is 35.4 Å². The van der Waals surface area contributed by atoms with Gasteiger partial charge in [0.05, 0.1) is 19.3 Å². The van der Waals surface area contributed by atoms with Gasteiger partial charge in [-0.3, -0.25) is 4.79 Å². The maximum atomic E-state index is 12.4. The van der Waals surface area contributed by atoms with E-state index in [1.165, 1.54) is 0 Å². The lowest BCUT2D eigenvalue weighted by molar-refractivity contribution is 0.00359. The normalized spacial score (nSPS) is 19.9. The van der Waals surface area contributed by atoms with Crippen LogP contribution in [0.4, 0.5) is 0 Å². The van der Waals surface area contributed by atoms with Crippen LogP contribution >= 0.6 is 0 Å². The number of nitrogens with zero attached hydrogens (tertiary/aromatic N) is 1. The average molecular weight is 248 g/mol. The lowest BCUT2D eigenvalue weighted by Gasteiger charge is -2.33. The fraction of sp³-hybridized carbons (Fsp3) is 0.500. The Balaban J connectivity index is 2.14. The third-order valence-electron chi connectivity index (χ3n) is 3.24. The Morgan fingerprint density at radius 3 is 3.11 bits per heavy atom. The van der Waals surface area contributed by atoms with Crippen LogP contribution < -0.4 is 5.73 Å². The average Bonchev–Trinajstić information content (AvgIpc) is 2.39. The third-order valence-corrected chi connectivity index (χ3v) is 3.24. The molecule has 1 saturated heterocycles. The van der Waals surface area contributed by atoms with Gasteiger partial charge in [-0.2, -0.15) is 0 Å². The van der Waals surface area contributed by atoms with E-state index in [9.17, 15) is 4.79 Å². The largest absolute Gasteiger partial charge is 0.377 e. The van der Waals surface area contributed by atoms with Crippen molar-refractivity contribution < 1.29 is 9.53 Å². The van der Waals surface area contributed by atoms with Crippen LogP contribution in [0.2, 0.25) is 0 Å². The Hall–Kier alpha value is -1.39. The summed E-state index contributed by atoms with van der Waals surface area (Å²) in [5.74, 6) is 0.0877. The topological polar surface area (TPSA) is 55.6 Å². The smallest absolute Gasteiger partial charge is 0.254 e. The summed E-state index contributed by atoms with van der Waals surface area (Å²) in [5.41, 5.74) is 7.40. The van der Waals surface area contributed by atoms with Crippen LogP contribution in [0.3, 0.4) is 0 Å². The Morgan fingerprint density at radius 2 is 2.39 bits per heavy atom. The van der Waals surface area contributed by atoms with E-state index >= 15 is 0 Å². The summed E-state index contributed by atoms with van der Waals surface area (Å²) >= 11 is 0. The summed E-state index contributed by atoms with van der Waals surface area (Å²) < 4.78 is 5.35. The highest BCUT2D eigenvalue weighted by molar-refractivity contribution is 5.94. The molecule has 0 aliphatic carbocycles. The summed E-state index contributed by atoms with van der Waals surface area (Å²) in [6.07, 6.45) is 0.805. The summed E-state index contributed by atoms with van der Waals surface area (Å²) in [6.45, 7) is 4.53. The van der Waals surface area contributed by atoms with Crippen LogP contribution in [0, 0.1) is 0 Å². The Bertz CT molecular complexity index is 420. The van der Waals surface area contributed by atoms with Gasteiger partial charge in [0.15, 0.2) is 0 Å². The molecule has 1 atom stereocenters. The highest BCUT2D eigenvalue weighted by atomic mass is 16.5. The summed E-state index contributed by atoms with van der Waals surface area (Å²) in [4.78, 5) is 14.3. The lowest BCUT2D eigenvalue weighted by atomic mass is 10.1. The lowest BCUT2D eigenvalue weighted by Crippen LogP contribution is -2.47. The number of morpholine rings is 1. The highest BCUT2D eigenvalue weighted by Crippen LogP contribution is 2.13. The van der Waals surface area contributed by atoms with Crippen molar-refractivity contribution in [3.63, 3.8) is 0 Å². The van der Waals surface area contributed by atoms with Gasteiger partial charge in [-0.15, -0.1) is 0 Å². The molecule has 0 radical (unpaired) electrons. The zero-order chi connectivity index (χ0) is 13.0. The Kier molecular flexibility index (Phi) is 4.33. The summed E-state index contributed by atoms with van der Waals surface area (Å²) in [7, 11) is 0. The van der Waals surface area contributed by atoms with Crippen molar-refractivity contribution in [2.45, 2.75) is 19.4 Å². The number of nitrogens with two attached hydrogens (primary N) is 1. The van der Waals surface area contributed by atoms with E-state index < -0.39 is 0 Å². The van der Waals surface area contributed by atoms with Gasteiger partial charge < -0.3 is 15.4 Å². The van der Waals surface area contributed by atoms with Crippen molar-refractivity contribution in [1.82, 2.24) is 4.90 Å². The van der Waals surface area contributed by atoms with Crippen LogP contribution in [0.15, 0.2) is 24.3 Å². The first-order chi connectivity index (χ1) is 8.72. The number of amides is 1. The van der Waals surface area contributed by atoms with E-state index in [2.05, 4.69) is 0 Å². The van der Waals surface area contributed by atoms with Gasteiger partial charge in [-0.25, -0.2) is 0 Å². The second kappa shape index (κ2) is 5.98. The predicted octanol–water partition coefficient (Wildman–Crippen LogP) is 1.05. The summed E-state index contributed by atoms with van der Waals surface area (Å²) in [6, 6.07) is 7.88. The van der Waals surface area contributed by atoms with Crippen molar-refractivity contribution in [1.29, 1.82) is 0 Å². The maximum absolute atomic E-state index is 12.4. The van der Waals surface area contributed by atoms with E-state index in [0.717, 1.165) is 17.5 Å². The number of benzene rings is 1. The van der Waals surface area contributed by atoms with Crippen LogP contribution in [0.5, 0.6) is 0 Å². The molecular formula is C14H20N2O2. The van der Waals surface area contributed by atoms with E-state index in [1.807, 2.05) is 36.1 Å². The molecule has 4 nitrogen and oxygen atoms in total. The molecule has 0 aromatic heterocycles. The highest BCUT2D eigenvalue weighted by Gasteiger charge is 2.24. The first kappa shape index (κ1) is 13.1. The molecule has 1 aliphatic rings. The Morgan fingerprint density at radius 1 is 1.56 bits per heavy atom. The standard InChI is InChI=1S/C14H20N2O2/c1-11-10-18-8-7-16(11)14(17)13-4-2-3-12(9-13)5-6-15/h2-4,9,11H,5-8,10,15H2,1H3. The molecule has 1 amide bonds. The molecule has 18 heavy (non-hydrogen) atoms. The number of hydrogen-bond acceptors (Lipinski definition) is 3. The van der Waals surface area contributed by atoms with Crippen LogP contribution in [-0.2, 0) is 11.2 Å². The number of carbonyl (C=O) groups excluding carboxylic acids is 1. The fourth-order valence-electron chi connectivity index (χ4n) is 2.22. The first-order valence-corrected chi connectivity index (χ1v) is 6.40. The van der Waals surface area contributed by atoms with Crippen LogP contribution in [-0.4, -0.2) is 43.2 Å². The van der Waals surface area contributed by atoms with Crippen molar-refractivity contribution in [3.8, 4) is 0 Å². The van der Waals surface area contributed by atoms with Gasteiger partial charge in [-0.1, -0.05) is 12.1 Å². The second-order valence-electron chi connectivity index (χ2n) is 4.66. The first-order valence-electron chi connectivity index (χ1n) is 6.40. The molecule has 0 bridgehead atoms. The molecule has 1 fully saturated rings. The van der Waals surface area contributed by atoms with Crippen molar-refractivity contribution in [2.75, 3.05) is 26.3 Å². The number of carbonyl (C=O) groups is 1. The molecule has 4 heteroatoms. The number of rotatable bonds is 3. The maximum Gasteiger partial charge on any atom is 0.254 e. The SMILES string of the molecule is CC1COCCN1C(=O)c1cccc(CCN)c1. The minimum Gasteiger partial charge on any atom is -0.377 e. The van der Waals surface area contributed by atoms with E-state index in [0.29, 0.717) is 26.3 Å². The van der Waals surface area contributed by atoms with Gasteiger partial charge >= 0.3 is 0 Å². The molecular weight excluding hydrogens is 228 g/mol. The third kappa shape index (κ3) is 2.89. The minimum atomic E-state index is 0.0877. The molecule has 1 heterocycles. The molecule has 98 valence electrons. The van der Waals surface area contributed by atoms with Gasteiger partial charge in [0.1, 0.15) is 0 Å². The molecule has 1 aliphatic heterocycles. The van der Waals surface area contributed by atoms with E-state index in [4.69, 9.17) is 10.5 Å². The number of hydrogen-bond donors (Lipinski definition) is 1. The van der Waals surface area contributed by atoms with Crippen molar-refractivity contribution >= 4 is 5.91 Å². The molecule has 1 aromatic carbocycles. The zero-order valence-electron chi connectivity index (χ0n) is 10.8. The van der Waals surface area contributed by atoms with Gasteiger partial charge in [0.2, 0.25) is 0 Å². The van der Waals surface area contributed by atoms with Crippen LogP contribution in [0.25, 0.3) is 0 Å². The second-order valence-corrected chi connectivity index (χ2v) is 4.66. The monoisotopic (exact) mass is 248 g/mol. The van der Waals surface area contributed by atoms with Gasteiger partial charge in [-0.05, 0) is 37.6 Å². The molecule has 1 aromatic rings.